The van der Waals surface area contributed by atoms with Gasteiger partial charge in [0.05, 0.1) is 5.54 Å². The van der Waals surface area contributed by atoms with Crippen molar-refractivity contribution in [3.8, 4) is 0 Å². The zero-order valence-electron chi connectivity index (χ0n) is 12.9. The molecule has 2 unspecified atom stereocenters. The first-order valence-electron chi connectivity index (χ1n) is 7.74. The Hall–Kier alpha value is -1.16. The molecular weight excluding hydrogens is 276 g/mol. The number of nitrogens with two attached hydrogens (primary N) is 1. The maximum atomic E-state index is 6.31. The number of hydrogen-bond acceptors (Lipinski definition) is 3. The lowest BCUT2D eigenvalue weighted by molar-refractivity contribution is 0.0664. The van der Waals surface area contributed by atoms with Crippen LogP contribution < -0.4 is 5.73 Å². The van der Waals surface area contributed by atoms with Crippen molar-refractivity contribution < 1.29 is 0 Å². The summed E-state index contributed by atoms with van der Waals surface area (Å²) in [6.07, 6.45) is 3.54. The Morgan fingerprint density at radius 2 is 2.10 bits per heavy atom. The van der Waals surface area contributed by atoms with E-state index in [9.17, 15) is 0 Å². The number of aryl methyl sites for hydroxylation is 1. The lowest BCUT2D eigenvalue weighted by Crippen LogP contribution is -2.52. The quantitative estimate of drug-likeness (QED) is 0.927. The number of thiophene rings is 1. The molecule has 3 rings (SSSR count). The van der Waals surface area contributed by atoms with Gasteiger partial charge in [-0.1, -0.05) is 30.3 Å². The maximum absolute atomic E-state index is 6.31. The summed E-state index contributed by atoms with van der Waals surface area (Å²) in [5.41, 5.74) is 9.18. The largest absolute Gasteiger partial charge is 0.328 e. The minimum Gasteiger partial charge on any atom is -0.328 e. The van der Waals surface area contributed by atoms with E-state index in [0.717, 1.165) is 6.42 Å². The lowest BCUT2D eigenvalue weighted by atomic mass is 9.75. The first-order valence-corrected chi connectivity index (χ1v) is 8.62. The molecule has 2 aromatic rings. The number of likely N-dealkylation sites (N-methyl/N-ethyl adjacent to an activating group) is 1. The van der Waals surface area contributed by atoms with Crippen molar-refractivity contribution in [1.82, 2.24) is 4.90 Å². The number of nitrogens with zero attached hydrogens (tertiary/aromatic N) is 1. The zero-order chi connectivity index (χ0) is 14.9. The number of benzene rings is 1. The Bertz CT molecular complexity index is 593. The predicted molar refractivity (Wildman–Crippen MR) is 90.6 cm³/mol. The maximum Gasteiger partial charge on any atom is 0.0589 e. The van der Waals surface area contributed by atoms with Crippen LogP contribution in [0.25, 0.3) is 0 Å². The fraction of sp³-hybridized carbons (Fsp3) is 0.444. The predicted octanol–water partition coefficient (Wildman–Crippen LogP) is 3.93. The third kappa shape index (κ3) is 2.44. The van der Waals surface area contributed by atoms with Gasteiger partial charge in [0.2, 0.25) is 0 Å². The Labute approximate surface area is 131 Å². The van der Waals surface area contributed by atoms with E-state index < -0.39 is 0 Å². The summed E-state index contributed by atoms with van der Waals surface area (Å²) in [5, 5.41) is 2.16. The van der Waals surface area contributed by atoms with E-state index in [1.54, 1.807) is 0 Å². The summed E-state index contributed by atoms with van der Waals surface area (Å²) in [5.74, 6) is 0. The van der Waals surface area contributed by atoms with Crippen molar-refractivity contribution in [2.75, 3.05) is 13.6 Å². The molecular formula is C18H24N2S. The zero-order valence-corrected chi connectivity index (χ0v) is 13.7. The number of fused-ring (bicyclic) bond motifs is 1. The van der Waals surface area contributed by atoms with E-state index in [1.165, 1.54) is 28.8 Å². The molecule has 1 aliphatic carbocycles. The van der Waals surface area contributed by atoms with Crippen molar-refractivity contribution in [2.45, 2.75) is 37.8 Å². The highest BCUT2D eigenvalue weighted by molar-refractivity contribution is 7.10. The Morgan fingerprint density at radius 1 is 1.29 bits per heavy atom. The fourth-order valence-corrected chi connectivity index (χ4v) is 4.54. The van der Waals surface area contributed by atoms with Crippen LogP contribution in [0.1, 0.15) is 41.8 Å². The topological polar surface area (TPSA) is 29.3 Å². The molecule has 0 amide bonds. The van der Waals surface area contributed by atoms with Gasteiger partial charge in [0.15, 0.2) is 0 Å². The summed E-state index contributed by atoms with van der Waals surface area (Å²) in [4.78, 5) is 3.91. The molecule has 0 saturated carbocycles. The number of hydrogen-bond donors (Lipinski definition) is 1. The highest BCUT2D eigenvalue weighted by Crippen LogP contribution is 2.42. The van der Waals surface area contributed by atoms with Crippen molar-refractivity contribution in [2.24, 2.45) is 5.73 Å². The molecule has 0 saturated heterocycles. The Morgan fingerprint density at radius 3 is 2.81 bits per heavy atom. The van der Waals surface area contributed by atoms with Crippen molar-refractivity contribution >= 4 is 11.3 Å². The second-order valence-corrected chi connectivity index (χ2v) is 7.03. The van der Waals surface area contributed by atoms with Crippen LogP contribution >= 0.6 is 11.3 Å². The molecule has 3 heteroatoms. The normalized spacial score (nSPS) is 23.0. The van der Waals surface area contributed by atoms with E-state index in [2.05, 4.69) is 60.6 Å². The number of rotatable bonds is 4. The van der Waals surface area contributed by atoms with Gasteiger partial charge in [-0.25, -0.2) is 0 Å². The van der Waals surface area contributed by atoms with E-state index in [-0.39, 0.29) is 5.54 Å². The molecule has 0 radical (unpaired) electrons. The van der Waals surface area contributed by atoms with Gasteiger partial charge in [0.25, 0.3) is 0 Å². The highest BCUT2D eigenvalue weighted by Gasteiger charge is 2.41. The molecule has 1 aromatic carbocycles. The standard InChI is InChI=1S/C18H24N2S/c1-14(17-10-6-12-21-17)20(2)18(13-19)11-5-8-15-7-3-4-9-16(15)18/h3-4,6-7,9-10,12,14H,5,8,11,13,19H2,1-2H3. The van der Waals surface area contributed by atoms with Gasteiger partial charge in [0.1, 0.15) is 0 Å². The van der Waals surface area contributed by atoms with Gasteiger partial charge >= 0.3 is 0 Å². The molecule has 112 valence electrons. The van der Waals surface area contributed by atoms with E-state index >= 15 is 0 Å². The van der Waals surface area contributed by atoms with Crippen molar-refractivity contribution in [1.29, 1.82) is 0 Å². The lowest BCUT2D eigenvalue weighted by Gasteiger charge is -2.47. The van der Waals surface area contributed by atoms with Crippen molar-refractivity contribution in [3.63, 3.8) is 0 Å². The third-order valence-electron chi connectivity index (χ3n) is 5.10. The average molecular weight is 300 g/mol. The Kier molecular flexibility index (Phi) is 4.16. The van der Waals surface area contributed by atoms with Crippen LogP contribution in [0.4, 0.5) is 0 Å². The van der Waals surface area contributed by atoms with Crippen LogP contribution in [-0.2, 0) is 12.0 Å². The van der Waals surface area contributed by atoms with E-state index in [4.69, 9.17) is 5.73 Å². The fourth-order valence-electron chi connectivity index (χ4n) is 3.71. The molecule has 2 nitrogen and oxygen atoms in total. The first-order chi connectivity index (χ1) is 10.2. The molecule has 0 spiro atoms. The molecule has 2 atom stereocenters. The van der Waals surface area contributed by atoms with Gasteiger partial charge < -0.3 is 5.73 Å². The molecule has 0 bridgehead atoms. The van der Waals surface area contributed by atoms with Gasteiger partial charge in [-0.05, 0) is 55.8 Å². The molecule has 1 heterocycles. The molecule has 2 N–H and O–H groups in total. The molecule has 0 fully saturated rings. The van der Waals surface area contributed by atoms with E-state index in [1.807, 2.05) is 11.3 Å². The van der Waals surface area contributed by atoms with Crippen LogP contribution in [-0.4, -0.2) is 18.5 Å². The first kappa shape index (κ1) is 14.8. The second-order valence-electron chi connectivity index (χ2n) is 6.05. The van der Waals surface area contributed by atoms with Crippen LogP contribution in [0.2, 0.25) is 0 Å². The van der Waals surface area contributed by atoms with Crippen LogP contribution in [0, 0.1) is 0 Å². The molecule has 0 aliphatic heterocycles. The van der Waals surface area contributed by atoms with Gasteiger partial charge in [-0.3, -0.25) is 4.90 Å². The summed E-state index contributed by atoms with van der Waals surface area (Å²) in [7, 11) is 2.24. The van der Waals surface area contributed by atoms with Gasteiger partial charge in [0, 0.05) is 17.5 Å². The molecule has 1 aromatic heterocycles. The second kappa shape index (κ2) is 5.91. The minimum atomic E-state index is -0.0295. The van der Waals surface area contributed by atoms with Gasteiger partial charge in [-0.15, -0.1) is 11.3 Å². The SMILES string of the molecule is CC(c1cccs1)N(C)C1(CN)CCCc2ccccc21. The highest BCUT2D eigenvalue weighted by atomic mass is 32.1. The third-order valence-corrected chi connectivity index (χ3v) is 6.15. The van der Waals surface area contributed by atoms with Crippen LogP contribution in [0.5, 0.6) is 0 Å². The Balaban J connectivity index is 2.01. The average Bonchev–Trinajstić information content (AvgIpc) is 3.07. The smallest absolute Gasteiger partial charge is 0.0589 e. The van der Waals surface area contributed by atoms with Crippen LogP contribution in [0.15, 0.2) is 41.8 Å². The monoisotopic (exact) mass is 300 g/mol. The summed E-state index contributed by atoms with van der Waals surface area (Å²) < 4.78 is 0. The van der Waals surface area contributed by atoms with Crippen LogP contribution in [0.3, 0.4) is 0 Å². The minimum absolute atomic E-state index is 0.0295. The summed E-state index contributed by atoms with van der Waals surface area (Å²) in [6.45, 7) is 2.97. The van der Waals surface area contributed by atoms with E-state index in [0.29, 0.717) is 12.6 Å². The summed E-state index contributed by atoms with van der Waals surface area (Å²) >= 11 is 1.83. The molecule has 21 heavy (non-hydrogen) atoms. The van der Waals surface area contributed by atoms with Gasteiger partial charge in [-0.2, -0.15) is 0 Å². The van der Waals surface area contributed by atoms with Crippen molar-refractivity contribution in [3.05, 3.63) is 57.8 Å². The summed E-state index contributed by atoms with van der Waals surface area (Å²) in [6, 6.07) is 13.6. The molecule has 1 aliphatic rings.